The van der Waals surface area contributed by atoms with Gasteiger partial charge >= 0.3 is 5.97 Å². The van der Waals surface area contributed by atoms with E-state index in [0.717, 1.165) is 17.3 Å². The Kier molecular flexibility index (Phi) is 3.83. The Morgan fingerprint density at radius 2 is 2.18 bits per heavy atom. The summed E-state index contributed by atoms with van der Waals surface area (Å²) < 4.78 is 2.81. The Morgan fingerprint density at radius 3 is 2.77 bits per heavy atom. The molecule has 0 bridgehead atoms. The number of likely N-dealkylation sites (tertiary alicyclic amines) is 1. The summed E-state index contributed by atoms with van der Waals surface area (Å²) in [7, 11) is 0. The summed E-state index contributed by atoms with van der Waals surface area (Å²) in [6.07, 6.45) is 4.45. The maximum atomic E-state index is 12.9. The van der Waals surface area contributed by atoms with Crippen LogP contribution in [0.25, 0.3) is 0 Å². The molecule has 1 N–H and O–H groups in total. The fraction of sp³-hybridized carbons (Fsp3) is 0.625. The van der Waals surface area contributed by atoms with Crippen molar-refractivity contribution in [3.63, 3.8) is 0 Å². The standard InChI is InChI=1S/C16H21BrN2O3/c1-10(2)19-8-12(17)6-13(19)14(20)18-7-11-4-3-5-16(11,9-18)15(21)22/h6,8,10-11H,3-5,7,9H2,1-2H3,(H,21,22)/t11-,16+/m0/s1. The van der Waals surface area contributed by atoms with Crippen molar-refractivity contribution >= 4 is 27.8 Å². The Morgan fingerprint density at radius 1 is 1.45 bits per heavy atom. The van der Waals surface area contributed by atoms with Gasteiger partial charge in [0.05, 0.1) is 5.41 Å². The summed E-state index contributed by atoms with van der Waals surface area (Å²) >= 11 is 3.42. The molecule has 1 aliphatic carbocycles. The van der Waals surface area contributed by atoms with Gasteiger partial charge in [-0.1, -0.05) is 6.42 Å². The zero-order valence-electron chi connectivity index (χ0n) is 12.9. The lowest BCUT2D eigenvalue weighted by molar-refractivity contribution is -0.149. The molecule has 5 nitrogen and oxygen atoms in total. The number of aromatic nitrogens is 1. The first-order valence-electron chi connectivity index (χ1n) is 7.75. The number of halogens is 1. The molecule has 0 spiro atoms. The lowest BCUT2D eigenvalue weighted by atomic mass is 9.81. The average molecular weight is 369 g/mol. The van der Waals surface area contributed by atoms with Crippen LogP contribution in [-0.2, 0) is 4.79 Å². The molecule has 0 unspecified atom stereocenters. The summed E-state index contributed by atoms with van der Waals surface area (Å²) in [4.78, 5) is 26.3. The minimum Gasteiger partial charge on any atom is -0.481 e. The van der Waals surface area contributed by atoms with E-state index in [4.69, 9.17) is 0 Å². The predicted molar refractivity (Wildman–Crippen MR) is 85.8 cm³/mol. The van der Waals surface area contributed by atoms with Gasteiger partial charge in [0, 0.05) is 29.8 Å². The minimum absolute atomic E-state index is 0.0607. The van der Waals surface area contributed by atoms with E-state index in [1.165, 1.54) is 0 Å². The van der Waals surface area contributed by atoms with Gasteiger partial charge in [-0.05, 0) is 54.6 Å². The highest BCUT2D eigenvalue weighted by molar-refractivity contribution is 9.10. The molecule has 0 aromatic carbocycles. The molecule has 6 heteroatoms. The first-order valence-corrected chi connectivity index (χ1v) is 8.54. The van der Waals surface area contributed by atoms with Gasteiger partial charge < -0.3 is 14.6 Å². The van der Waals surface area contributed by atoms with E-state index in [9.17, 15) is 14.7 Å². The number of aliphatic carboxylic acids is 1. The molecule has 2 heterocycles. The number of nitrogens with zero attached hydrogens (tertiary/aromatic N) is 2. The van der Waals surface area contributed by atoms with Crippen LogP contribution in [0.3, 0.4) is 0 Å². The van der Waals surface area contributed by atoms with Crippen molar-refractivity contribution in [2.45, 2.75) is 39.2 Å². The number of carboxylic acids is 1. The van der Waals surface area contributed by atoms with E-state index >= 15 is 0 Å². The predicted octanol–water partition coefficient (Wildman–Crippen LogP) is 3.16. The Hall–Kier alpha value is -1.30. The Balaban J connectivity index is 1.88. The quantitative estimate of drug-likeness (QED) is 0.890. The summed E-state index contributed by atoms with van der Waals surface area (Å²) in [6.45, 7) is 4.96. The second-order valence-corrected chi connectivity index (χ2v) is 7.70. The Labute approximate surface area is 138 Å². The molecule has 22 heavy (non-hydrogen) atoms. The van der Waals surface area contributed by atoms with Crippen molar-refractivity contribution in [3.05, 3.63) is 22.4 Å². The van der Waals surface area contributed by atoms with E-state index < -0.39 is 11.4 Å². The molecular weight excluding hydrogens is 348 g/mol. The number of carboxylic acid groups (broad SMARTS) is 1. The third-order valence-corrected chi connectivity index (χ3v) is 5.61. The number of carbonyl (C=O) groups is 2. The number of hydrogen-bond acceptors (Lipinski definition) is 2. The van der Waals surface area contributed by atoms with Crippen LogP contribution in [0.5, 0.6) is 0 Å². The van der Waals surface area contributed by atoms with E-state index in [1.807, 2.05) is 30.7 Å². The maximum absolute atomic E-state index is 12.9. The first-order chi connectivity index (χ1) is 10.3. The molecule has 2 fully saturated rings. The molecule has 120 valence electrons. The monoisotopic (exact) mass is 368 g/mol. The number of amides is 1. The summed E-state index contributed by atoms with van der Waals surface area (Å²) in [6, 6.07) is 2.00. The molecule has 2 aliphatic rings. The zero-order valence-corrected chi connectivity index (χ0v) is 14.5. The van der Waals surface area contributed by atoms with Crippen LogP contribution < -0.4 is 0 Å². The number of fused-ring (bicyclic) bond motifs is 1. The van der Waals surface area contributed by atoms with Crippen LogP contribution in [0.1, 0.15) is 49.6 Å². The Bertz CT molecular complexity index is 625. The topological polar surface area (TPSA) is 62.5 Å². The van der Waals surface area contributed by atoms with E-state index in [0.29, 0.717) is 25.2 Å². The van der Waals surface area contributed by atoms with Gasteiger partial charge in [-0.2, -0.15) is 0 Å². The lowest BCUT2D eigenvalue weighted by Crippen LogP contribution is -2.37. The first kappa shape index (κ1) is 15.6. The third-order valence-electron chi connectivity index (χ3n) is 5.17. The third kappa shape index (κ3) is 2.28. The van der Waals surface area contributed by atoms with Gasteiger partial charge in [0.1, 0.15) is 5.69 Å². The average Bonchev–Trinajstić information content (AvgIpc) is 3.08. The van der Waals surface area contributed by atoms with Crippen LogP contribution in [0.15, 0.2) is 16.7 Å². The smallest absolute Gasteiger partial charge is 0.311 e. The van der Waals surface area contributed by atoms with E-state index in [2.05, 4.69) is 15.9 Å². The lowest BCUT2D eigenvalue weighted by Gasteiger charge is -2.23. The molecular formula is C16H21BrN2O3. The number of carbonyl (C=O) groups excluding carboxylic acids is 1. The molecule has 1 aromatic rings. The second kappa shape index (κ2) is 5.41. The molecule has 1 aromatic heterocycles. The summed E-state index contributed by atoms with van der Waals surface area (Å²) in [5.41, 5.74) is -0.0929. The minimum atomic E-state index is -0.745. The molecule has 0 radical (unpaired) electrons. The maximum Gasteiger partial charge on any atom is 0.311 e. The van der Waals surface area contributed by atoms with Crippen LogP contribution in [0, 0.1) is 11.3 Å². The van der Waals surface area contributed by atoms with E-state index in [-0.39, 0.29) is 17.9 Å². The summed E-state index contributed by atoms with van der Waals surface area (Å²) in [5.74, 6) is -0.708. The van der Waals surface area contributed by atoms with E-state index in [1.54, 1.807) is 4.90 Å². The molecule has 1 saturated heterocycles. The number of hydrogen-bond donors (Lipinski definition) is 1. The largest absolute Gasteiger partial charge is 0.481 e. The van der Waals surface area contributed by atoms with Gasteiger partial charge in [-0.15, -0.1) is 0 Å². The second-order valence-electron chi connectivity index (χ2n) is 6.78. The number of rotatable bonds is 3. The van der Waals surface area contributed by atoms with Gasteiger partial charge in [0.15, 0.2) is 0 Å². The van der Waals surface area contributed by atoms with Crippen molar-refractivity contribution in [3.8, 4) is 0 Å². The van der Waals surface area contributed by atoms with Gasteiger partial charge in [0.25, 0.3) is 5.91 Å². The van der Waals surface area contributed by atoms with Crippen LogP contribution in [-0.4, -0.2) is 39.5 Å². The molecule has 1 saturated carbocycles. The highest BCUT2D eigenvalue weighted by atomic mass is 79.9. The van der Waals surface area contributed by atoms with Crippen molar-refractivity contribution in [2.75, 3.05) is 13.1 Å². The molecule has 1 amide bonds. The van der Waals surface area contributed by atoms with Gasteiger partial charge in [0.2, 0.25) is 0 Å². The van der Waals surface area contributed by atoms with Crippen LogP contribution >= 0.6 is 15.9 Å². The fourth-order valence-electron chi connectivity index (χ4n) is 4.00. The van der Waals surface area contributed by atoms with Gasteiger partial charge in [-0.3, -0.25) is 9.59 Å². The summed E-state index contributed by atoms with van der Waals surface area (Å²) in [5, 5.41) is 9.64. The molecule has 3 rings (SSSR count). The van der Waals surface area contributed by atoms with Crippen molar-refractivity contribution in [1.82, 2.24) is 9.47 Å². The molecule has 2 atom stereocenters. The highest BCUT2D eigenvalue weighted by Gasteiger charge is 2.56. The highest BCUT2D eigenvalue weighted by Crippen LogP contribution is 2.49. The van der Waals surface area contributed by atoms with Crippen LogP contribution in [0.2, 0.25) is 0 Å². The molecule has 1 aliphatic heterocycles. The van der Waals surface area contributed by atoms with Crippen LogP contribution in [0.4, 0.5) is 0 Å². The fourth-order valence-corrected chi connectivity index (χ4v) is 4.44. The zero-order chi connectivity index (χ0) is 16.1. The SMILES string of the molecule is CC(C)n1cc(Br)cc1C(=O)N1C[C@@H]2CCC[C@@]2(C(=O)O)C1. The van der Waals surface area contributed by atoms with Crippen molar-refractivity contribution in [1.29, 1.82) is 0 Å². The van der Waals surface area contributed by atoms with Crippen molar-refractivity contribution < 1.29 is 14.7 Å². The van der Waals surface area contributed by atoms with Gasteiger partial charge in [-0.25, -0.2) is 0 Å². The van der Waals surface area contributed by atoms with Crippen molar-refractivity contribution in [2.24, 2.45) is 11.3 Å². The normalized spacial score (nSPS) is 27.5.